The number of halogens is 4. The van der Waals surface area contributed by atoms with Crippen molar-refractivity contribution in [1.29, 1.82) is 0 Å². The van der Waals surface area contributed by atoms with Crippen LogP contribution in [0.15, 0.2) is 34.6 Å². The van der Waals surface area contributed by atoms with Crippen molar-refractivity contribution in [3.05, 3.63) is 56.4 Å². The normalized spacial score (nSPS) is 18.5. The Kier molecular flexibility index (Phi) is 6.88. The highest BCUT2D eigenvalue weighted by Crippen LogP contribution is 2.35. The van der Waals surface area contributed by atoms with E-state index in [1.54, 1.807) is 13.1 Å². The van der Waals surface area contributed by atoms with Gasteiger partial charge < -0.3 is 15.0 Å². The van der Waals surface area contributed by atoms with Crippen molar-refractivity contribution in [2.24, 2.45) is 7.05 Å². The fourth-order valence-electron chi connectivity index (χ4n) is 4.00. The number of rotatable bonds is 6. The van der Waals surface area contributed by atoms with Crippen LogP contribution >= 0.6 is 22.9 Å². The summed E-state index contributed by atoms with van der Waals surface area (Å²) in [5.41, 5.74) is -0.260. The zero-order valence-corrected chi connectivity index (χ0v) is 20.3. The minimum atomic E-state index is -4.52. The van der Waals surface area contributed by atoms with Gasteiger partial charge in [0, 0.05) is 43.9 Å². The van der Waals surface area contributed by atoms with E-state index in [0.717, 1.165) is 17.3 Å². The number of hydrogen-bond acceptors (Lipinski definition) is 7. The number of alkyl halides is 3. The predicted octanol–water partition coefficient (Wildman–Crippen LogP) is 4.59. The number of hydrogen-bond donors (Lipinski definition) is 1. The summed E-state index contributed by atoms with van der Waals surface area (Å²) in [4.78, 5) is 24.2. The van der Waals surface area contributed by atoms with Gasteiger partial charge in [0.25, 0.3) is 5.56 Å². The molecule has 2 aromatic heterocycles. The van der Waals surface area contributed by atoms with E-state index >= 15 is 0 Å². The summed E-state index contributed by atoms with van der Waals surface area (Å²) < 4.78 is 46.2. The molecule has 1 fully saturated rings. The van der Waals surface area contributed by atoms with Crippen LogP contribution in [0.2, 0.25) is 5.02 Å². The van der Waals surface area contributed by atoms with Crippen LogP contribution in [0.5, 0.6) is 0 Å². The van der Waals surface area contributed by atoms with Crippen molar-refractivity contribution in [3.8, 4) is 11.4 Å². The Morgan fingerprint density at radius 3 is 2.71 bits per heavy atom. The second-order valence-corrected chi connectivity index (χ2v) is 9.20. The van der Waals surface area contributed by atoms with Gasteiger partial charge in [0.2, 0.25) is 0 Å². The topological polar surface area (TPSA) is 72.3 Å². The summed E-state index contributed by atoms with van der Waals surface area (Å²) in [5.74, 6) is 0.184. The highest BCUT2D eigenvalue weighted by Gasteiger charge is 2.36. The largest absolute Gasteiger partial charge is 0.416 e. The Balaban J connectivity index is 1.65. The van der Waals surface area contributed by atoms with Crippen LogP contribution in [-0.4, -0.2) is 46.4 Å². The number of ether oxygens (including phenoxy) is 1. The van der Waals surface area contributed by atoms with Crippen molar-refractivity contribution in [3.63, 3.8) is 0 Å². The number of nitrogens with one attached hydrogen (secondary N) is 1. The van der Waals surface area contributed by atoms with E-state index < -0.39 is 11.7 Å². The van der Waals surface area contributed by atoms with E-state index in [9.17, 15) is 18.0 Å². The number of aryl methyl sites for hydroxylation is 1. The molecule has 0 bridgehead atoms. The molecule has 1 saturated heterocycles. The number of benzene rings is 1. The standard InChI is InChI=1S/C22H23ClF3N5O2S/c1-4-33-17-11-31(21-27-7-8-34-21)10-16(17)29-18-12(2)28-19(30(3)20(18)32)14-6-5-13(9-15(14)23)22(24,25)26/h5-9,16-17,29H,4,10-11H2,1-3H3/t16-,17-/m1/s1. The number of thiazole rings is 1. The summed E-state index contributed by atoms with van der Waals surface area (Å²) in [6.07, 6.45) is -2.94. The molecule has 0 unspecified atom stereocenters. The molecule has 3 aromatic rings. The average molecular weight is 514 g/mol. The van der Waals surface area contributed by atoms with Crippen molar-refractivity contribution < 1.29 is 17.9 Å². The zero-order chi connectivity index (χ0) is 24.6. The lowest BCUT2D eigenvalue weighted by Crippen LogP contribution is -2.38. The molecule has 1 aliphatic rings. The lowest BCUT2D eigenvalue weighted by molar-refractivity contribution is -0.137. The van der Waals surface area contributed by atoms with Gasteiger partial charge in [-0.25, -0.2) is 9.97 Å². The molecule has 0 amide bonds. The van der Waals surface area contributed by atoms with Crippen molar-refractivity contribution in [2.45, 2.75) is 32.2 Å². The van der Waals surface area contributed by atoms with Crippen LogP contribution in [0, 0.1) is 6.92 Å². The predicted molar refractivity (Wildman–Crippen MR) is 127 cm³/mol. The zero-order valence-electron chi connectivity index (χ0n) is 18.7. The van der Waals surface area contributed by atoms with Crippen LogP contribution in [0.3, 0.4) is 0 Å². The maximum Gasteiger partial charge on any atom is 0.416 e. The van der Waals surface area contributed by atoms with Gasteiger partial charge in [-0.05, 0) is 32.0 Å². The van der Waals surface area contributed by atoms with Gasteiger partial charge in [-0.2, -0.15) is 13.2 Å². The molecule has 1 N–H and O–H groups in total. The van der Waals surface area contributed by atoms with E-state index in [4.69, 9.17) is 16.3 Å². The Morgan fingerprint density at radius 1 is 1.32 bits per heavy atom. The van der Waals surface area contributed by atoms with Gasteiger partial charge in [-0.15, -0.1) is 11.3 Å². The van der Waals surface area contributed by atoms with E-state index in [2.05, 4.69) is 20.2 Å². The van der Waals surface area contributed by atoms with Crippen LogP contribution in [0.4, 0.5) is 24.0 Å². The molecular formula is C22H23ClF3N5O2S. The Morgan fingerprint density at radius 2 is 2.09 bits per heavy atom. The molecule has 7 nitrogen and oxygen atoms in total. The second kappa shape index (κ2) is 9.55. The monoisotopic (exact) mass is 513 g/mol. The Bertz CT molecular complexity index is 1230. The van der Waals surface area contributed by atoms with Gasteiger partial charge in [0.1, 0.15) is 11.5 Å². The molecule has 0 aliphatic carbocycles. The quantitative estimate of drug-likeness (QED) is 0.520. The molecule has 3 heterocycles. The minimum absolute atomic E-state index is 0.135. The third-order valence-electron chi connectivity index (χ3n) is 5.68. The first-order valence-corrected chi connectivity index (χ1v) is 11.8. The third kappa shape index (κ3) is 4.77. The van der Waals surface area contributed by atoms with Crippen LogP contribution in [0.25, 0.3) is 11.4 Å². The molecule has 12 heteroatoms. The lowest BCUT2D eigenvalue weighted by Gasteiger charge is -2.22. The highest BCUT2D eigenvalue weighted by molar-refractivity contribution is 7.13. The fourth-order valence-corrected chi connectivity index (χ4v) is 4.93. The molecule has 1 aliphatic heterocycles. The maximum atomic E-state index is 13.3. The van der Waals surface area contributed by atoms with Gasteiger partial charge in [0.15, 0.2) is 5.13 Å². The first kappa shape index (κ1) is 24.5. The molecule has 4 rings (SSSR count). The second-order valence-electron chi connectivity index (χ2n) is 7.92. The Labute approximate surface area is 203 Å². The smallest absolute Gasteiger partial charge is 0.374 e. The van der Waals surface area contributed by atoms with E-state index in [1.165, 1.54) is 29.0 Å². The average Bonchev–Trinajstić information content (AvgIpc) is 3.44. The van der Waals surface area contributed by atoms with Crippen LogP contribution in [-0.2, 0) is 18.0 Å². The Hall–Kier alpha value is -2.63. The summed E-state index contributed by atoms with van der Waals surface area (Å²) in [5, 5.41) is 5.95. The lowest BCUT2D eigenvalue weighted by atomic mass is 10.1. The fraction of sp³-hybridized carbons (Fsp3) is 0.409. The summed E-state index contributed by atoms with van der Waals surface area (Å²) >= 11 is 7.68. The molecule has 0 radical (unpaired) electrons. The third-order valence-corrected chi connectivity index (χ3v) is 6.82. The number of anilines is 2. The molecule has 34 heavy (non-hydrogen) atoms. The molecular weight excluding hydrogens is 491 g/mol. The SMILES string of the molecule is CCO[C@@H]1CN(c2nccs2)C[C@H]1Nc1c(C)nc(-c2ccc(C(F)(F)F)cc2Cl)n(C)c1=O. The number of nitrogens with zero attached hydrogens (tertiary/aromatic N) is 4. The number of aromatic nitrogens is 3. The summed E-state index contributed by atoms with van der Waals surface area (Å²) in [6, 6.07) is 2.81. The molecule has 1 aromatic carbocycles. The summed E-state index contributed by atoms with van der Waals surface area (Å²) in [6.45, 7) is 5.33. The van der Waals surface area contributed by atoms with Gasteiger partial charge >= 0.3 is 6.18 Å². The van der Waals surface area contributed by atoms with Gasteiger partial charge in [-0.3, -0.25) is 9.36 Å². The highest BCUT2D eigenvalue weighted by atomic mass is 35.5. The van der Waals surface area contributed by atoms with Crippen LogP contribution in [0.1, 0.15) is 18.2 Å². The molecule has 0 spiro atoms. The van der Waals surface area contributed by atoms with Gasteiger partial charge in [-0.1, -0.05) is 11.6 Å². The van der Waals surface area contributed by atoms with E-state index in [-0.39, 0.29) is 34.1 Å². The minimum Gasteiger partial charge on any atom is -0.374 e. The maximum absolute atomic E-state index is 13.3. The van der Waals surface area contributed by atoms with Crippen LogP contribution < -0.4 is 15.8 Å². The van der Waals surface area contributed by atoms with Crippen molar-refractivity contribution in [1.82, 2.24) is 14.5 Å². The summed E-state index contributed by atoms with van der Waals surface area (Å²) in [7, 11) is 1.51. The van der Waals surface area contributed by atoms with Crippen molar-refractivity contribution >= 4 is 33.8 Å². The first-order valence-electron chi connectivity index (χ1n) is 10.6. The van der Waals surface area contributed by atoms with Crippen molar-refractivity contribution in [2.75, 3.05) is 29.9 Å². The van der Waals surface area contributed by atoms with E-state index in [0.29, 0.717) is 31.1 Å². The van der Waals surface area contributed by atoms with E-state index in [1.807, 2.05) is 12.3 Å². The molecule has 0 saturated carbocycles. The molecule has 182 valence electrons. The molecule has 2 atom stereocenters. The van der Waals surface area contributed by atoms with Gasteiger partial charge in [0.05, 0.1) is 28.4 Å². The first-order chi connectivity index (χ1) is 16.1.